The van der Waals surface area contributed by atoms with Gasteiger partial charge < -0.3 is 5.32 Å². The molecule has 0 saturated heterocycles. The van der Waals surface area contributed by atoms with E-state index in [1.54, 1.807) is 11.3 Å². The van der Waals surface area contributed by atoms with Gasteiger partial charge in [-0.3, -0.25) is 0 Å². The fourth-order valence-electron chi connectivity index (χ4n) is 1.08. The zero-order valence-electron chi connectivity index (χ0n) is 8.71. The summed E-state index contributed by atoms with van der Waals surface area (Å²) in [5.41, 5.74) is 0. The molecule has 0 aliphatic rings. The highest BCUT2D eigenvalue weighted by molar-refractivity contribution is 9.10. The molecule has 1 rings (SSSR count). The Bertz CT molecular complexity index is 275. The summed E-state index contributed by atoms with van der Waals surface area (Å²) in [5, 5.41) is 6.34. The molecule has 0 fully saturated rings. The van der Waals surface area contributed by atoms with Crippen molar-refractivity contribution in [2.75, 3.05) is 12.8 Å². The molecule has 80 valence electrons. The zero-order chi connectivity index (χ0) is 10.6. The molecule has 1 nitrogen and oxygen atoms in total. The summed E-state index contributed by atoms with van der Waals surface area (Å²) in [6.45, 7) is 5.53. The first-order valence-corrected chi connectivity index (χ1v) is 7.59. The van der Waals surface area contributed by atoms with Gasteiger partial charge in [-0.15, -0.1) is 11.3 Å². The second-order valence-electron chi connectivity index (χ2n) is 3.34. The van der Waals surface area contributed by atoms with E-state index in [-0.39, 0.29) is 0 Å². The van der Waals surface area contributed by atoms with Gasteiger partial charge >= 0.3 is 0 Å². The van der Waals surface area contributed by atoms with Crippen LogP contribution in [0, 0.1) is 0 Å². The first kappa shape index (κ1) is 12.6. The highest BCUT2D eigenvalue weighted by Gasteiger charge is 2.08. The van der Waals surface area contributed by atoms with E-state index in [0.717, 1.165) is 6.54 Å². The lowest BCUT2D eigenvalue weighted by atomic mass is 10.2. The van der Waals surface area contributed by atoms with Crippen LogP contribution in [0.5, 0.6) is 0 Å². The smallest absolute Gasteiger partial charge is 0.0386 e. The molecule has 2 unspecified atom stereocenters. The summed E-state index contributed by atoms with van der Waals surface area (Å²) < 4.78 is 1.18. The maximum absolute atomic E-state index is 3.53. The molecule has 14 heavy (non-hydrogen) atoms. The van der Waals surface area contributed by atoms with Crippen LogP contribution >= 0.6 is 39.0 Å². The van der Waals surface area contributed by atoms with E-state index in [1.807, 2.05) is 11.8 Å². The minimum atomic E-state index is 0.459. The van der Waals surface area contributed by atoms with Crippen molar-refractivity contribution in [3.05, 3.63) is 20.8 Å². The molecule has 0 spiro atoms. The van der Waals surface area contributed by atoms with Gasteiger partial charge in [0, 0.05) is 32.6 Å². The second-order valence-corrected chi connectivity index (χ2v) is 6.48. The minimum absolute atomic E-state index is 0.459. The Morgan fingerprint density at radius 3 is 2.79 bits per heavy atom. The lowest BCUT2D eigenvalue weighted by molar-refractivity contribution is 0.584. The normalized spacial score (nSPS) is 15.4. The quantitative estimate of drug-likeness (QED) is 0.883. The van der Waals surface area contributed by atoms with Gasteiger partial charge in [-0.05, 0) is 35.2 Å². The number of nitrogens with one attached hydrogen (secondary N) is 1. The standard InChI is InChI=1S/C10H16BrNS2/c1-7(13-3)5-12-8(2)10-4-9(11)6-14-10/h4,6-8,12H,5H2,1-3H3. The third-order valence-corrected chi connectivity index (χ3v) is 4.98. The molecular weight excluding hydrogens is 278 g/mol. The molecule has 1 heterocycles. The van der Waals surface area contributed by atoms with Crippen LogP contribution in [0.2, 0.25) is 0 Å². The van der Waals surface area contributed by atoms with Crippen LogP contribution in [-0.4, -0.2) is 18.1 Å². The lowest BCUT2D eigenvalue weighted by Gasteiger charge is -2.15. The van der Waals surface area contributed by atoms with E-state index in [9.17, 15) is 0 Å². The van der Waals surface area contributed by atoms with Crippen molar-refractivity contribution in [3.63, 3.8) is 0 Å². The summed E-state index contributed by atoms with van der Waals surface area (Å²) in [6, 6.07) is 2.65. The molecule has 0 saturated carbocycles. The van der Waals surface area contributed by atoms with Crippen molar-refractivity contribution in [1.29, 1.82) is 0 Å². The molecule has 4 heteroatoms. The Kier molecular flexibility index (Phi) is 5.52. The summed E-state index contributed by atoms with van der Waals surface area (Å²) in [4.78, 5) is 1.39. The van der Waals surface area contributed by atoms with Gasteiger partial charge in [0.15, 0.2) is 0 Å². The maximum atomic E-state index is 3.53. The van der Waals surface area contributed by atoms with E-state index in [4.69, 9.17) is 0 Å². The zero-order valence-corrected chi connectivity index (χ0v) is 11.9. The average Bonchev–Trinajstić information content (AvgIpc) is 2.60. The van der Waals surface area contributed by atoms with Gasteiger partial charge in [-0.25, -0.2) is 0 Å². The Morgan fingerprint density at radius 2 is 2.29 bits per heavy atom. The number of thioether (sulfide) groups is 1. The second kappa shape index (κ2) is 6.16. The summed E-state index contributed by atoms with van der Waals surface area (Å²) in [5.74, 6) is 0. The van der Waals surface area contributed by atoms with Crippen molar-refractivity contribution in [3.8, 4) is 0 Å². The fourth-order valence-corrected chi connectivity index (χ4v) is 2.82. The molecule has 1 N–H and O–H groups in total. The van der Waals surface area contributed by atoms with E-state index < -0.39 is 0 Å². The van der Waals surface area contributed by atoms with Crippen molar-refractivity contribution < 1.29 is 0 Å². The summed E-state index contributed by atoms with van der Waals surface area (Å²) in [6.07, 6.45) is 2.15. The molecule has 2 atom stereocenters. The summed E-state index contributed by atoms with van der Waals surface area (Å²) >= 11 is 7.17. The number of thiophene rings is 1. The first-order chi connectivity index (χ1) is 6.63. The van der Waals surface area contributed by atoms with E-state index in [1.165, 1.54) is 9.35 Å². The van der Waals surface area contributed by atoms with Crippen molar-refractivity contribution in [2.45, 2.75) is 25.1 Å². The van der Waals surface area contributed by atoms with Crippen LogP contribution in [0.1, 0.15) is 24.8 Å². The van der Waals surface area contributed by atoms with Gasteiger partial charge in [0.2, 0.25) is 0 Å². The van der Waals surface area contributed by atoms with Crippen LogP contribution in [0.25, 0.3) is 0 Å². The molecule has 0 aromatic carbocycles. The molecule has 0 amide bonds. The van der Waals surface area contributed by atoms with Gasteiger partial charge in [0.25, 0.3) is 0 Å². The number of hydrogen-bond acceptors (Lipinski definition) is 3. The third kappa shape index (κ3) is 3.93. The van der Waals surface area contributed by atoms with Crippen molar-refractivity contribution in [1.82, 2.24) is 5.32 Å². The Balaban J connectivity index is 2.39. The van der Waals surface area contributed by atoms with Gasteiger partial charge in [0.05, 0.1) is 0 Å². The largest absolute Gasteiger partial charge is 0.308 e. The van der Waals surface area contributed by atoms with E-state index >= 15 is 0 Å². The minimum Gasteiger partial charge on any atom is -0.308 e. The molecule has 0 aliphatic heterocycles. The van der Waals surface area contributed by atoms with Crippen molar-refractivity contribution in [2.24, 2.45) is 0 Å². The summed E-state index contributed by atoms with van der Waals surface area (Å²) in [7, 11) is 0. The van der Waals surface area contributed by atoms with Crippen LogP contribution < -0.4 is 5.32 Å². The molecule has 0 aliphatic carbocycles. The third-order valence-electron chi connectivity index (χ3n) is 2.13. The first-order valence-electron chi connectivity index (χ1n) is 4.63. The lowest BCUT2D eigenvalue weighted by Crippen LogP contribution is -2.25. The monoisotopic (exact) mass is 293 g/mol. The van der Waals surface area contributed by atoms with Crippen LogP contribution in [0.3, 0.4) is 0 Å². The fraction of sp³-hybridized carbons (Fsp3) is 0.600. The van der Waals surface area contributed by atoms with Gasteiger partial charge in [-0.1, -0.05) is 6.92 Å². The van der Waals surface area contributed by atoms with E-state index in [2.05, 4.69) is 52.8 Å². The molecule has 0 bridgehead atoms. The molecule has 0 radical (unpaired) electrons. The van der Waals surface area contributed by atoms with E-state index in [0.29, 0.717) is 11.3 Å². The van der Waals surface area contributed by atoms with Crippen molar-refractivity contribution >= 4 is 39.0 Å². The molecule has 1 aromatic rings. The Labute approximate surface area is 103 Å². The molecular formula is C10H16BrNS2. The Morgan fingerprint density at radius 1 is 1.57 bits per heavy atom. The number of halogens is 1. The van der Waals surface area contributed by atoms with Crippen LogP contribution in [0.15, 0.2) is 15.9 Å². The predicted molar refractivity (Wildman–Crippen MR) is 71.4 cm³/mol. The highest BCUT2D eigenvalue weighted by atomic mass is 79.9. The maximum Gasteiger partial charge on any atom is 0.0386 e. The van der Waals surface area contributed by atoms with Gasteiger partial charge in [0.1, 0.15) is 0 Å². The van der Waals surface area contributed by atoms with Crippen LogP contribution in [-0.2, 0) is 0 Å². The molecule has 1 aromatic heterocycles. The SMILES string of the molecule is CSC(C)CNC(C)c1cc(Br)cs1. The predicted octanol–water partition coefficient (Wildman–Crippen LogP) is 3.91. The highest BCUT2D eigenvalue weighted by Crippen LogP contribution is 2.25. The number of hydrogen-bond donors (Lipinski definition) is 1. The topological polar surface area (TPSA) is 12.0 Å². The Hall–Kier alpha value is 0.490. The average molecular weight is 294 g/mol. The van der Waals surface area contributed by atoms with Gasteiger partial charge in [-0.2, -0.15) is 11.8 Å². The number of rotatable bonds is 5. The van der Waals surface area contributed by atoms with Crippen LogP contribution in [0.4, 0.5) is 0 Å².